The summed E-state index contributed by atoms with van der Waals surface area (Å²) in [7, 11) is -1.34. The first kappa shape index (κ1) is 15.0. The predicted molar refractivity (Wildman–Crippen MR) is 88.9 cm³/mol. The molecule has 0 fully saturated rings. The molecule has 0 aromatic heterocycles. The molecule has 0 bridgehead atoms. The summed E-state index contributed by atoms with van der Waals surface area (Å²) >= 11 is 0. The predicted octanol–water partition coefficient (Wildman–Crippen LogP) is 5.04. The van der Waals surface area contributed by atoms with E-state index in [1.54, 1.807) is 24.3 Å². The Kier molecular flexibility index (Phi) is 4.56. The molecule has 2 rings (SSSR count). The van der Waals surface area contributed by atoms with Gasteiger partial charge in [-0.3, -0.25) is 0 Å². The van der Waals surface area contributed by atoms with Gasteiger partial charge in [-0.1, -0.05) is 25.6 Å². The van der Waals surface area contributed by atoms with Gasteiger partial charge in [-0.15, -0.1) is 5.54 Å². The van der Waals surface area contributed by atoms with Crippen molar-refractivity contribution in [1.29, 1.82) is 0 Å². The molecule has 2 aromatic carbocycles. The van der Waals surface area contributed by atoms with Crippen LogP contribution in [0.15, 0.2) is 58.8 Å². The Morgan fingerprint density at radius 2 is 1.29 bits per heavy atom. The lowest BCUT2D eigenvalue weighted by Crippen LogP contribution is -2.16. The van der Waals surface area contributed by atoms with Crippen molar-refractivity contribution in [1.82, 2.24) is 0 Å². The topological polar surface area (TPSA) is 45.0 Å². The Balaban J connectivity index is 2.08. The fraction of sp³-hybridized carbons (Fsp3) is 0.176. The van der Waals surface area contributed by atoms with E-state index in [2.05, 4.69) is 41.3 Å². The van der Waals surface area contributed by atoms with Gasteiger partial charge in [0.1, 0.15) is 13.8 Å². The fourth-order valence-corrected chi connectivity index (χ4v) is 2.03. The molecule has 106 valence electrons. The summed E-state index contributed by atoms with van der Waals surface area (Å²) in [5.41, 5.74) is 5.82. The van der Waals surface area contributed by atoms with Crippen LogP contribution in [0.25, 0.3) is 0 Å². The number of nitrogens with zero attached hydrogens (tertiary/aromatic N) is 2. The quantitative estimate of drug-likeness (QED) is 0.471. The smallest absolute Gasteiger partial charge is 0.129 e. The van der Waals surface area contributed by atoms with Crippen LogP contribution in [0, 0.1) is 11.5 Å². The standard InChI is InChI=1S/C17H18N2OSi/c1-21(2,3)13-12-14-4-6-15(7-5-14)18-19-16-8-10-17(20)11-9-16/h4-11,20H,1-3H3. The van der Waals surface area contributed by atoms with Crippen LogP contribution in [0.1, 0.15) is 5.56 Å². The minimum absolute atomic E-state index is 0.222. The van der Waals surface area contributed by atoms with Gasteiger partial charge in [-0.2, -0.15) is 10.2 Å². The number of azo groups is 1. The number of rotatable bonds is 2. The number of benzene rings is 2. The van der Waals surface area contributed by atoms with E-state index in [0.29, 0.717) is 5.69 Å². The van der Waals surface area contributed by atoms with Crippen molar-refractivity contribution < 1.29 is 5.11 Å². The molecule has 0 saturated carbocycles. The molecule has 0 spiro atoms. The van der Waals surface area contributed by atoms with Gasteiger partial charge < -0.3 is 5.11 Å². The molecule has 3 nitrogen and oxygen atoms in total. The van der Waals surface area contributed by atoms with Gasteiger partial charge in [0.25, 0.3) is 0 Å². The van der Waals surface area contributed by atoms with Crippen LogP contribution in [-0.4, -0.2) is 13.2 Å². The molecule has 0 amide bonds. The van der Waals surface area contributed by atoms with Crippen molar-refractivity contribution in [3.05, 3.63) is 54.1 Å². The van der Waals surface area contributed by atoms with E-state index >= 15 is 0 Å². The summed E-state index contributed by atoms with van der Waals surface area (Å²) in [6.07, 6.45) is 0. The third-order valence-electron chi connectivity index (χ3n) is 2.58. The van der Waals surface area contributed by atoms with E-state index in [0.717, 1.165) is 11.3 Å². The Hall–Kier alpha value is -2.38. The summed E-state index contributed by atoms with van der Waals surface area (Å²) in [5, 5.41) is 17.5. The maximum atomic E-state index is 9.20. The molecule has 0 saturated heterocycles. The number of phenolic OH excluding ortho intramolecular Hbond substituents is 1. The molecule has 0 aliphatic heterocycles. The van der Waals surface area contributed by atoms with Crippen molar-refractivity contribution in [3.63, 3.8) is 0 Å². The monoisotopic (exact) mass is 294 g/mol. The van der Waals surface area contributed by atoms with Gasteiger partial charge in [0.15, 0.2) is 0 Å². The van der Waals surface area contributed by atoms with E-state index in [1.165, 1.54) is 0 Å². The largest absolute Gasteiger partial charge is 0.508 e. The van der Waals surface area contributed by atoms with Gasteiger partial charge >= 0.3 is 0 Å². The molecule has 21 heavy (non-hydrogen) atoms. The average Bonchev–Trinajstić information content (AvgIpc) is 2.45. The summed E-state index contributed by atoms with van der Waals surface area (Å²) in [5.74, 6) is 3.43. The Bertz CT molecular complexity index is 687. The number of phenols is 1. The van der Waals surface area contributed by atoms with Crippen molar-refractivity contribution in [3.8, 4) is 17.2 Å². The highest BCUT2D eigenvalue weighted by molar-refractivity contribution is 6.83. The Morgan fingerprint density at radius 3 is 1.76 bits per heavy atom. The zero-order valence-corrected chi connectivity index (χ0v) is 13.5. The van der Waals surface area contributed by atoms with Gasteiger partial charge in [0, 0.05) is 5.56 Å². The molecule has 0 atom stereocenters. The molecule has 1 N–H and O–H groups in total. The average molecular weight is 294 g/mol. The number of hydrogen-bond acceptors (Lipinski definition) is 3. The SMILES string of the molecule is C[Si](C)(C)C#Cc1ccc(N=Nc2ccc(O)cc2)cc1. The Labute approximate surface area is 126 Å². The van der Waals surface area contributed by atoms with Gasteiger partial charge in [-0.05, 0) is 48.5 Å². The van der Waals surface area contributed by atoms with Gasteiger partial charge in [-0.25, -0.2) is 0 Å². The van der Waals surface area contributed by atoms with E-state index in [9.17, 15) is 5.11 Å². The summed E-state index contributed by atoms with van der Waals surface area (Å²) in [6.45, 7) is 6.67. The maximum absolute atomic E-state index is 9.20. The second kappa shape index (κ2) is 6.38. The zero-order chi connectivity index (χ0) is 15.3. The lowest BCUT2D eigenvalue weighted by molar-refractivity contribution is 0.475. The molecule has 0 radical (unpaired) electrons. The van der Waals surface area contributed by atoms with Crippen LogP contribution in [0.4, 0.5) is 11.4 Å². The first-order chi connectivity index (χ1) is 9.92. The van der Waals surface area contributed by atoms with Crippen LogP contribution in [0.2, 0.25) is 19.6 Å². The van der Waals surface area contributed by atoms with Crippen molar-refractivity contribution >= 4 is 19.4 Å². The molecule has 2 aromatic rings. The van der Waals surface area contributed by atoms with Crippen molar-refractivity contribution in [2.75, 3.05) is 0 Å². The highest BCUT2D eigenvalue weighted by atomic mass is 28.3. The van der Waals surface area contributed by atoms with Crippen molar-refractivity contribution in [2.45, 2.75) is 19.6 Å². The lowest BCUT2D eigenvalue weighted by atomic mass is 10.2. The molecular weight excluding hydrogens is 276 g/mol. The zero-order valence-electron chi connectivity index (χ0n) is 12.5. The first-order valence-electron chi connectivity index (χ1n) is 6.76. The summed E-state index contributed by atoms with van der Waals surface area (Å²) < 4.78 is 0. The van der Waals surface area contributed by atoms with E-state index < -0.39 is 8.07 Å². The van der Waals surface area contributed by atoms with Crippen molar-refractivity contribution in [2.24, 2.45) is 10.2 Å². The minimum atomic E-state index is -1.34. The molecular formula is C17H18N2OSi. The van der Waals surface area contributed by atoms with Crippen LogP contribution < -0.4 is 0 Å². The van der Waals surface area contributed by atoms with Crippen LogP contribution in [-0.2, 0) is 0 Å². The van der Waals surface area contributed by atoms with Crippen LogP contribution in [0.5, 0.6) is 5.75 Å². The van der Waals surface area contributed by atoms with E-state index in [4.69, 9.17) is 0 Å². The third-order valence-corrected chi connectivity index (χ3v) is 3.45. The van der Waals surface area contributed by atoms with Gasteiger partial charge in [0.2, 0.25) is 0 Å². The molecule has 0 aliphatic carbocycles. The summed E-state index contributed by atoms with van der Waals surface area (Å²) in [4.78, 5) is 0. The second-order valence-electron chi connectivity index (χ2n) is 5.76. The van der Waals surface area contributed by atoms with Crippen LogP contribution in [0.3, 0.4) is 0 Å². The normalized spacial score (nSPS) is 11.2. The Morgan fingerprint density at radius 1 is 0.810 bits per heavy atom. The maximum Gasteiger partial charge on any atom is 0.129 e. The highest BCUT2D eigenvalue weighted by Gasteiger charge is 2.07. The molecule has 4 heteroatoms. The summed E-state index contributed by atoms with van der Waals surface area (Å²) in [6, 6.07) is 14.3. The van der Waals surface area contributed by atoms with Crippen LogP contribution >= 0.6 is 0 Å². The van der Waals surface area contributed by atoms with E-state index in [-0.39, 0.29) is 5.75 Å². The molecule has 0 unspecified atom stereocenters. The molecule has 0 heterocycles. The highest BCUT2D eigenvalue weighted by Crippen LogP contribution is 2.20. The van der Waals surface area contributed by atoms with Gasteiger partial charge in [0.05, 0.1) is 11.4 Å². The lowest BCUT2D eigenvalue weighted by Gasteiger charge is -2.03. The second-order valence-corrected chi connectivity index (χ2v) is 10.5. The number of aromatic hydroxyl groups is 1. The third kappa shape index (κ3) is 5.25. The minimum Gasteiger partial charge on any atom is -0.508 e. The molecule has 0 aliphatic rings. The first-order valence-corrected chi connectivity index (χ1v) is 10.3. The van der Waals surface area contributed by atoms with E-state index in [1.807, 2.05) is 24.3 Å². The number of hydrogen-bond donors (Lipinski definition) is 1. The fourth-order valence-electron chi connectivity index (χ4n) is 1.51.